The van der Waals surface area contributed by atoms with Crippen LogP contribution in [-0.2, 0) is 6.54 Å². The lowest BCUT2D eigenvalue weighted by Gasteiger charge is -2.34. The van der Waals surface area contributed by atoms with E-state index in [2.05, 4.69) is 28.3 Å². The Labute approximate surface area is 122 Å². The minimum absolute atomic E-state index is 0.513. The largest absolute Gasteiger partial charge is 0.313 e. The average molecular weight is 273 g/mol. The summed E-state index contributed by atoms with van der Waals surface area (Å²) < 4.78 is 0. The lowest BCUT2D eigenvalue weighted by molar-refractivity contribution is 0.167. The minimum Gasteiger partial charge on any atom is -0.313 e. The van der Waals surface area contributed by atoms with Gasteiger partial charge < -0.3 is 10.2 Å². The number of aromatic nitrogens is 1. The van der Waals surface area contributed by atoms with Gasteiger partial charge >= 0.3 is 0 Å². The maximum absolute atomic E-state index is 4.22. The van der Waals surface area contributed by atoms with E-state index in [1.54, 1.807) is 0 Å². The van der Waals surface area contributed by atoms with Crippen LogP contribution in [0, 0.1) is 5.41 Å². The van der Waals surface area contributed by atoms with Crippen LogP contribution in [0.1, 0.15) is 44.1 Å². The van der Waals surface area contributed by atoms with Crippen molar-refractivity contribution in [2.45, 2.75) is 51.1 Å². The van der Waals surface area contributed by atoms with E-state index in [9.17, 15) is 0 Å². The third-order valence-electron chi connectivity index (χ3n) is 4.79. The van der Waals surface area contributed by atoms with E-state index in [1.165, 1.54) is 57.2 Å². The van der Waals surface area contributed by atoms with Gasteiger partial charge in [-0.1, -0.05) is 18.9 Å². The molecule has 1 N–H and O–H groups in total. The van der Waals surface area contributed by atoms with Crippen LogP contribution in [0.15, 0.2) is 24.5 Å². The van der Waals surface area contributed by atoms with E-state index in [-0.39, 0.29) is 0 Å². The highest BCUT2D eigenvalue weighted by molar-refractivity contribution is 5.08. The van der Waals surface area contributed by atoms with Crippen molar-refractivity contribution in [1.82, 2.24) is 15.2 Å². The molecule has 2 saturated carbocycles. The fraction of sp³-hybridized carbons (Fsp3) is 0.706. The first-order valence-corrected chi connectivity index (χ1v) is 8.07. The Morgan fingerprint density at radius 1 is 1.35 bits per heavy atom. The van der Waals surface area contributed by atoms with E-state index >= 15 is 0 Å². The minimum atomic E-state index is 0.513. The van der Waals surface area contributed by atoms with Gasteiger partial charge in [0.1, 0.15) is 0 Å². The van der Waals surface area contributed by atoms with Crippen LogP contribution in [0.2, 0.25) is 0 Å². The van der Waals surface area contributed by atoms with Crippen molar-refractivity contribution < 1.29 is 0 Å². The molecule has 0 radical (unpaired) electrons. The van der Waals surface area contributed by atoms with Crippen molar-refractivity contribution in [3.63, 3.8) is 0 Å². The van der Waals surface area contributed by atoms with Crippen LogP contribution in [0.4, 0.5) is 0 Å². The second-order valence-electron chi connectivity index (χ2n) is 6.90. The van der Waals surface area contributed by atoms with Gasteiger partial charge in [-0.3, -0.25) is 4.98 Å². The molecule has 0 amide bonds. The molecule has 3 heteroatoms. The summed E-state index contributed by atoms with van der Waals surface area (Å²) in [6.07, 6.45) is 12.2. The Morgan fingerprint density at radius 2 is 2.15 bits per heavy atom. The first-order valence-electron chi connectivity index (χ1n) is 8.07. The molecule has 0 aromatic carbocycles. The van der Waals surface area contributed by atoms with Crippen molar-refractivity contribution in [3.05, 3.63) is 30.1 Å². The predicted octanol–water partition coefficient (Wildman–Crippen LogP) is 2.83. The zero-order chi connectivity index (χ0) is 13.8. The zero-order valence-electron chi connectivity index (χ0n) is 12.6. The molecule has 0 unspecified atom stereocenters. The highest BCUT2D eigenvalue weighted by Gasteiger charge is 2.36. The Balaban J connectivity index is 1.54. The number of pyridine rings is 1. The molecule has 1 heterocycles. The van der Waals surface area contributed by atoms with E-state index in [0.29, 0.717) is 5.41 Å². The normalized spacial score (nSPS) is 21.5. The topological polar surface area (TPSA) is 28.2 Å². The Kier molecular flexibility index (Phi) is 4.37. The lowest BCUT2D eigenvalue weighted by Crippen LogP contribution is -2.41. The zero-order valence-corrected chi connectivity index (χ0v) is 12.6. The highest BCUT2D eigenvalue weighted by atomic mass is 15.1. The van der Waals surface area contributed by atoms with Gasteiger partial charge in [0.2, 0.25) is 0 Å². The summed E-state index contributed by atoms with van der Waals surface area (Å²) in [5, 5.41) is 3.77. The number of hydrogen-bond acceptors (Lipinski definition) is 3. The fourth-order valence-electron chi connectivity index (χ4n) is 3.60. The number of rotatable bonds is 7. The smallest absolute Gasteiger partial charge is 0.0312 e. The van der Waals surface area contributed by atoms with E-state index in [4.69, 9.17) is 0 Å². The summed E-state index contributed by atoms with van der Waals surface area (Å²) in [5.74, 6) is 0. The second kappa shape index (κ2) is 6.23. The van der Waals surface area contributed by atoms with Crippen LogP contribution >= 0.6 is 0 Å². The molecule has 2 aliphatic rings. The number of hydrogen-bond donors (Lipinski definition) is 1. The molecule has 0 bridgehead atoms. The van der Waals surface area contributed by atoms with Crippen molar-refractivity contribution in [2.24, 2.45) is 5.41 Å². The van der Waals surface area contributed by atoms with Crippen LogP contribution in [0.3, 0.4) is 0 Å². The van der Waals surface area contributed by atoms with Gasteiger partial charge in [-0.15, -0.1) is 0 Å². The molecular formula is C17H27N3. The molecule has 3 nitrogen and oxygen atoms in total. The molecule has 1 aromatic heterocycles. The molecule has 3 rings (SSSR count). The van der Waals surface area contributed by atoms with E-state index in [0.717, 1.165) is 12.6 Å². The Hall–Kier alpha value is -0.930. The molecule has 0 spiro atoms. The number of nitrogens with zero attached hydrogens (tertiary/aromatic N) is 2. The molecule has 0 saturated heterocycles. The van der Waals surface area contributed by atoms with Crippen LogP contribution < -0.4 is 5.32 Å². The van der Waals surface area contributed by atoms with Crippen molar-refractivity contribution in [3.8, 4) is 0 Å². The monoisotopic (exact) mass is 273 g/mol. The summed E-state index contributed by atoms with van der Waals surface area (Å²) in [6.45, 7) is 3.44. The van der Waals surface area contributed by atoms with Crippen molar-refractivity contribution >= 4 is 0 Å². The van der Waals surface area contributed by atoms with Gasteiger partial charge in [-0.2, -0.15) is 0 Å². The van der Waals surface area contributed by atoms with Gasteiger partial charge in [0, 0.05) is 38.1 Å². The summed E-state index contributed by atoms with van der Waals surface area (Å²) in [6, 6.07) is 5.03. The molecule has 2 fully saturated rings. The molecule has 0 atom stereocenters. The van der Waals surface area contributed by atoms with Gasteiger partial charge in [-0.05, 0) is 49.8 Å². The third kappa shape index (κ3) is 3.80. The van der Waals surface area contributed by atoms with Gasteiger partial charge in [0.15, 0.2) is 0 Å². The van der Waals surface area contributed by atoms with Crippen molar-refractivity contribution in [1.29, 1.82) is 0 Å². The van der Waals surface area contributed by atoms with E-state index < -0.39 is 0 Å². The Morgan fingerprint density at radius 3 is 2.80 bits per heavy atom. The van der Waals surface area contributed by atoms with Crippen LogP contribution in [0.25, 0.3) is 0 Å². The molecule has 2 aliphatic carbocycles. The standard InChI is InChI=1S/C17H27N3/c1-20(12-15-5-4-10-18-11-15)14-17(8-2-3-9-17)13-19-16-6-7-16/h4-5,10-11,16,19H,2-3,6-9,12-14H2,1H3. The lowest BCUT2D eigenvalue weighted by atomic mass is 9.85. The Bertz CT molecular complexity index is 408. The maximum atomic E-state index is 4.22. The summed E-state index contributed by atoms with van der Waals surface area (Å²) in [5.41, 5.74) is 1.83. The highest BCUT2D eigenvalue weighted by Crippen LogP contribution is 2.39. The number of nitrogens with one attached hydrogen (secondary N) is 1. The first kappa shape index (κ1) is 14.0. The van der Waals surface area contributed by atoms with Gasteiger partial charge in [0.25, 0.3) is 0 Å². The predicted molar refractivity (Wildman–Crippen MR) is 82.5 cm³/mol. The first-order chi connectivity index (χ1) is 9.76. The van der Waals surface area contributed by atoms with Gasteiger partial charge in [-0.25, -0.2) is 0 Å². The molecule has 1 aromatic rings. The van der Waals surface area contributed by atoms with Crippen molar-refractivity contribution in [2.75, 3.05) is 20.1 Å². The van der Waals surface area contributed by atoms with Crippen LogP contribution in [0.5, 0.6) is 0 Å². The summed E-state index contributed by atoms with van der Waals surface area (Å²) in [4.78, 5) is 6.70. The quantitative estimate of drug-likeness (QED) is 0.828. The molecule has 0 aliphatic heterocycles. The SMILES string of the molecule is CN(Cc1cccnc1)CC1(CNC2CC2)CCCC1. The molecular weight excluding hydrogens is 246 g/mol. The van der Waals surface area contributed by atoms with Gasteiger partial charge in [0.05, 0.1) is 0 Å². The maximum Gasteiger partial charge on any atom is 0.0312 e. The van der Waals surface area contributed by atoms with E-state index in [1.807, 2.05) is 18.5 Å². The summed E-state index contributed by atoms with van der Waals surface area (Å²) in [7, 11) is 2.25. The summed E-state index contributed by atoms with van der Waals surface area (Å²) >= 11 is 0. The van der Waals surface area contributed by atoms with Crippen LogP contribution in [-0.4, -0.2) is 36.1 Å². The third-order valence-corrected chi connectivity index (χ3v) is 4.79. The average Bonchev–Trinajstić information content (AvgIpc) is 3.18. The second-order valence-corrected chi connectivity index (χ2v) is 6.90. The fourth-order valence-corrected chi connectivity index (χ4v) is 3.60. The molecule has 20 heavy (non-hydrogen) atoms. The molecule has 110 valence electrons.